The smallest absolute Gasteiger partial charge is 0.253 e. The second kappa shape index (κ2) is 7.16. The van der Waals surface area contributed by atoms with Crippen LogP contribution in [0.4, 0.5) is 5.69 Å². The summed E-state index contributed by atoms with van der Waals surface area (Å²) in [6.07, 6.45) is 8.86. The first-order valence-corrected chi connectivity index (χ1v) is 10.0. The molecule has 3 rings (SSSR count). The van der Waals surface area contributed by atoms with Crippen LogP contribution < -0.4 is 10.6 Å². The summed E-state index contributed by atoms with van der Waals surface area (Å²) in [7, 11) is 0. The molecule has 0 radical (unpaired) electrons. The second-order valence-electron chi connectivity index (χ2n) is 9.78. The predicted octanol–water partition coefficient (Wildman–Crippen LogP) is 5.41. The zero-order chi connectivity index (χ0) is 20.7. The van der Waals surface area contributed by atoms with Crippen LogP contribution in [0.1, 0.15) is 71.9 Å². The minimum Gasteiger partial charge on any atom is -0.508 e. The van der Waals surface area contributed by atoms with Crippen molar-refractivity contribution in [1.82, 2.24) is 5.32 Å². The van der Waals surface area contributed by atoms with Crippen molar-refractivity contribution in [3.8, 4) is 5.75 Å². The highest BCUT2D eigenvalue weighted by Gasteiger charge is 2.27. The van der Waals surface area contributed by atoms with Crippen molar-refractivity contribution < 1.29 is 9.90 Å². The summed E-state index contributed by atoms with van der Waals surface area (Å²) in [4.78, 5) is 13.0. The molecule has 0 spiro atoms. The minimum atomic E-state index is -0.182. The molecule has 0 saturated heterocycles. The number of carbonyl (C=O) groups excluding carboxylic acids is 1. The summed E-state index contributed by atoms with van der Waals surface area (Å²) in [6.45, 7) is 12.6. The summed E-state index contributed by atoms with van der Waals surface area (Å²) in [5.74, 6) is 0.0817. The van der Waals surface area contributed by atoms with Gasteiger partial charge in [0, 0.05) is 35.6 Å². The summed E-state index contributed by atoms with van der Waals surface area (Å²) in [5.41, 5.74) is 5.22. The van der Waals surface area contributed by atoms with Gasteiger partial charge in [-0.2, -0.15) is 0 Å². The van der Waals surface area contributed by atoms with Gasteiger partial charge in [0.1, 0.15) is 5.75 Å². The number of anilines is 1. The summed E-state index contributed by atoms with van der Waals surface area (Å²) in [5, 5.41) is 16.9. The molecule has 0 fully saturated rings. The Labute approximate surface area is 168 Å². The van der Waals surface area contributed by atoms with E-state index in [0.29, 0.717) is 17.7 Å². The van der Waals surface area contributed by atoms with Crippen LogP contribution in [0.3, 0.4) is 0 Å². The molecule has 1 amide bonds. The predicted molar refractivity (Wildman–Crippen MR) is 115 cm³/mol. The number of carbonyl (C=O) groups is 1. The van der Waals surface area contributed by atoms with Crippen LogP contribution in [-0.4, -0.2) is 11.0 Å². The van der Waals surface area contributed by atoms with Crippen molar-refractivity contribution in [3.05, 3.63) is 58.5 Å². The Morgan fingerprint density at radius 1 is 1.00 bits per heavy atom. The first kappa shape index (κ1) is 20.2. The maximum atomic E-state index is 13.0. The van der Waals surface area contributed by atoms with Gasteiger partial charge in [-0.1, -0.05) is 53.7 Å². The number of aromatic hydroxyl groups is 1. The van der Waals surface area contributed by atoms with E-state index in [9.17, 15) is 9.90 Å². The van der Waals surface area contributed by atoms with E-state index in [2.05, 4.69) is 64.3 Å². The highest BCUT2D eigenvalue weighted by Crippen LogP contribution is 2.40. The molecular weight excluding hydrogens is 348 g/mol. The van der Waals surface area contributed by atoms with Crippen LogP contribution in [0.25, 0.3) is 0 Å². The lowest BCUT2D eigenvalue weighted by molar-refractivity contribution is -0.113. The lowest BCUT2D eigenvalue weighted by atomic mass is 9.79. The van der Waals surface area contributed by atoms with Gasteiger partial charge < -0.3 is 15.7 Å². The molecular formula is C24H32N2O2. The van der Waals surface area contributed by atoms with Gasteiger partial charge in [0.15, 0.2) is 0 Å². The van der Waals surface area contributed by atoms with E-state index in [1.807, 2.05) is 6.07 Å². The third-order valence-corrected chi connectivity index (χ3v) is 5.33. The molecule has 0 unspecified atom stereocenters. The van der Waals surface area contributed by atoms with Gasteiger partial charge in [0.2, 0.25) is 0 Å². The summed E-state index contributed by atoms with van der Waals surface area (Å²) < 4.78 is 0. The van der Waals surface area contributed by atoms with E-state index in [0.717, 1.165) is 29.7 Å². The second-order valence-corrected chi connectivity index (χ2v) is 9.78. The third-order valence-electron chi connectivity index (χ3n) is 5.33. The number of hydrogen-bond donors (Lipinski definition) is 3. The molecule has 0 atom stereocenters. The summed E-state index contributed by atoms with van der Waals surface area (Å²) >= 11 is 0. The fraction of sp³-hybridized carbons (Fsp3) is 0.458. The van der Waals surface area contributed by atoms with Crippen LogP contribution in [0.2, 0.25) is 0 Å². The number of nitrogens with one attached hydrogen (secondary N) is 2. The molecule has 3 N–H and O–H groups in total. The molecule has 1 heterocycles. The maximum absolute atomic E-state index is 13.0. The largest absolute Gasteiger partial charge is 0.508 e. The minimum absolute atomic E-state index is 0.133. The van der Waals surface area contributed by atoms with Crippen LogP contribution in [0, 0.1) is 0 Å². The third kappa shape index (κ3) is 4.16. The van der Waals surface area contributed by atoms with E-state index in [-0.39, 0.29) is 22.5 Å². The molecule has 0 bridgehead atoms. The quantitative estimate of drug-likeness (QED) is 0.643. The van der Waals surface area contributed by atoms with Crippen molar-refractivity contribution in [2.75, 3.05) is 5.32 Å². The topological polar surface area (TPSA) is 61.4 Å². The molecule has 0 aromatic heterocycles. The summed E-state index contributed by atoms with van der Waals surface area (Å²) in [6, 6.07) is 3.73. The Balaban J connectivity index is 1.92. The number of phenolic OH excluding ortho intramolecular Hbond substituents is 1. The van der Waals surface area contributed by atoms with Gasteiger partial charge in [-0.3, -0.25) is 4.79 Å². The number of phenols is 1. The highest BCUT2D eigenvalue weighted by atomic mass is 16.3. The van der Waals surface area contributed by atoms with Crippen LogP contribution in [-0.2, 0) is 15.6 Å². The van der Waals surface area contributed by atoms with Gasteiger partial charge in [-0.25, -0.2) is 0 Å². The van der Waals surface area contributed by atoms with Crippen LogP contribution >= 0.6 is 0 Å². The zero-order valence-electron chi connectivity index (χ0n) is 17.9. The van der Waals surface area contributed by atoms with E-state index >= 15 is 0 Å². The molecule has 4 nitrogen and oxygen atoms in total. The Morgan fingerprint density at radius 2 is 1.64 bits per heavy atom. The van der Waals surface area contributed by atoms with Crippen LogP contribution in [0.5, 0.6) is 5.75 Å². The molecule has 0 saturated carbocycles. The van der Waals surface area contributed by atoms with Gasteiger partial charge in [-0.15, -0.1) is 0 Å². The fourth-order valence-corrected chi connectivity index (χ4v) is 3.73. The number of allylic oxidation sites excluding steroid dienone is 3. The van der Waals surface area contributed by atoms with Crippen LogP contribution in [0.15, 0.2) is 47.3 Å². The molecule has 4 heteroatoms. The van der Waals surface area contributed by atoms with E-state index < -0.39 is 0 Å². The number of hydrogen-bond acceptors (Lipinski definition) is 3. The van der Waals surface area contributed by atoms with E-state index in [1.165, 1.54) is 5.57 Å². The average molecular weight is 381 g/mol. The number of fused-ring (bicyclic) bond motifs is 1. The SMILES string of the molecule is CC(C)(C)c1cc(C(C)(C)C)c(NC(=O)C2=CNC3=CCCC=C3C2)cc1O. The Hall–Kier alpha value is -2.49. The van der Waals surface area contributed by atoms with Gasteiger partial charge in [0.05, 0.1) is 0 Å². The first-order valence-electron chi connectivity index (χ1n) is 10.0. The lowest BCUT2D eigenvalue weighted by Gasteiger charge is -2.29. The Bertz CT molecular complexity index is 890. The normalized spacial score (nSPS) is 17.0. The Kier molecular flexibility index (Phi) is 5.18. The standard InChI is InChI=1S/C24H32N2O2/c1-23(2,3)17-12-18(24(4,5)6)21(27)13-20(17)26-22(28)16-11-15-9-7-8-10-19(15)25-14-16/h9-10,12-14,25,27H,7-8,11H2,1-6H3,(H,26,28). The Morgan fingerprint density at radius 3 is 2.29 bits per heavy atom. The average Bonchev–Trinajstić information content (AvgIpc) is 2.59. The van der Waals surface area contributed by atoms with Crippen molar-refractivity contribution in [3.63, 3.8) is 0 Å². The number of amides is 1. The van der Waals surface area contributed by atoms with Gasteiger partial charge >= 0.3 is 0 Å². The number of benzene rings is 1. The highest BCUT2D eigenvalue weighted by molar-refractivity contribution is 6.05. The van der Waals surface area contributed by atoms with Crippen molar-refractivity contribution >= 4 is 11.6 Å². The van der Waals surface area contributed by atoms with Gasteiger partial charge in [-0.05, 0) is 46.4 Å². The maximum Gasteiger partial charge on any atom is 0.253 e. The molecule has 1 aromatic carbocycles. The molecule has 28 heavy (non-hydrogen) atoms. The van der Waals surface area contributed by atoms with E-state index in [1.54, 1.807) is 12.3 Å². The van der Waals surface area contributed by atoms with Crippen molar-refractivity contribution in [2.45, 2.75) is 71.6 Å². The van der Waals surface area contributed by atoms with Crippen molar-refractivity contribution in [1.29, 1.82) is 0 Å². The van der Waals surface area contributed by atoms with E-state index in [4.69, 9.17) is 0 Å². The van der Waals surface area contributed by atoms with Gasteiger partial charge in [0.25, 0.3) is 5.91 Å². The molecule has 150 valence electrons. The zero-order valence-corrected chi connectivity index (χ0v) is 17.9. The molecule has 2 aliphatic rings. The monoisotopic (exact) mass is 380 g/mol. The molecule has 1 aromatic rings. The molecule has 1 aliphatic heterocycles. The van der Waals surface area contributed by atoms with Crippen molar-refractivity contribution in [2.24, 2.45) is 0 Å². The first-order chi connectivity index (χ1) is 13.0. The molecule has 1 aliphatic carbocycles. The fourth-order valence-electron chi connectivity index (χ4n) is 3.73. The lowest BCUT2D eigenvalue weighted by Crippen LogP contribution is -2.25. The number of rotatable bonds is 2.